The molecular weight excluding hydrogens is 256 g/mol. The van der Waals surface area contributed by atoms with Gasteiger partial charge in [0.15, 0.2) is 0 Å². The smallest absolute Gasteiger partial charge is 0.0472 e. The lowest BCUT2D eigenvalue weighted by atomic mass is 9.83. The molecule has 0 aromatic heterocycles. The molecular formula is C19H32N2. The number of hydrogen-bond donors (Lipinski definition) is 1. The molecule has 0 amide bonds. The maximum Gasteiger partial charge on any atom is 0.0472 e. The first-order valence-electron chi connectivity index (χ1n) is 8.73. The fourth-order valence-corrected chi connectivity index (χ4v) is 3.67. The first-order chi connectivity index (χ1) is 10.3. The third-order valence-electron chi connectivity index (χ3n) is 5.23. The normalized spacial score (nSPS) is 24.2. The fourth-order valence-electron chi connectivity index (χ4n) is 3.67. The topological polar surface area (TPSA) is 15.3 Å². The Labute approximate surface area is 130 Å². The van der Waals surface area contributed by atoms with Crippen LogP contribution in [0.15, 0.2) is 30.3 Å². The highest BCUT2D eigenvalue weighted by Gasteiger charge is 2.27. The van der Waals surface area contributed by atoms with Crippen LogP contribution in [0, 0.1) is 5.92 Å². The van der Waals surface area contributed by atoms with E-state index in [2.05, 4.69) is 61.4 Å². The molecule has 0 radical (unpaired) electrons. The van der Waals surface area contributed by atoms with Gasteiger partial charge in [-0.15, -0.1) is 0 Å². The van der Waals surface area contributed by atoms with E-state index in [1.807, 2.05) is 0 Å². The first-order valence-corrected chi connectivity index (χ1v) is 8.73. The number of likely N-dealkylation sites (N-methyl/N-ethyl adjacent to an activating group) is 2. The largest absolute Gasteiger partial charge is 0.315 e. The van der Waals surface area contributed by atoms with Crippen LogP contribution in [0.2, 0.25) is 0 Å². The summed E-state index contributed by atoms with van der Waals surface area (Å²) in [7, 11) is 2.33. The number of nitrogens with zero attached hydrogens (tertiary/aromatic N) is 1. The lowest BCUT2D eigenvalue weighted by Gasteiger charge is -2.39. The van der Waals surface area contributed by atoms with E-state index in [0.717, 1.165) is 25.0 Å². The van der Waals surface area contributed by atoms with Crippen molar-refractivity contribution in [3.8, 4) is 0 Å². The van der Waals surface area contributed by atoms with E-state index in [4.69, 9.17) is 0 Å². The van der Waals surface area contributed by atoms with Gasteiger partial charge in [0.25, 0.3) is 0 Å². The molecule has 2 rings (SSSR count). The number of rotatable bonds is 7. The SMILES string of the molecule is CCNCC(c1ccccc1)N(C)C1CCC(CC)CC1. The Hall–Kier alpha value is -0.860. The van der Waals surface area contributed by atoms with E-state index in [1.54, 1.807) is 0 Å². The molecule has 0 heterocycles. The van der Waals surface area contributed by atoms with Gasteiger partial charge in [-0.2, -0.15) is 0 Å². The zero-order valence-electron chi connectivity index (χ0n) is 14.0. The molecule has 1 aromatic rings. The van der Waals surface area contributed by atoms with Crippen molar-refractivity contribution in [2.24, 2.45) is 5.92 Å². The van der Waals surface area contributed by atoms with E-state index < -0.39 is 0 Å². The van der Waals surface area contributed by atoms with Gasteiger partial charge in [0.1, 0.15) is 0 Å². The molecule has 0 bridgehead atoms. The molecule has 0 aliphatic heterocycles. The quantitative estimate of drug-likeness (QED) is 0.807. The van der Waals surface area contributed by atoms with Crippen molar-refractivity contribution >= 4 is 0 Å². The Morgan fingerprint density at radius 3 is 2.33 bits per heavy atom. The summed E-state index contributed by atoms with van der Waals surface area (Å²) >= 11 is 0. The zero-order chi connectivity index (χ0) is 15.1. The van der Waals surface area contributed by atoms with Crippen molar-refractivity contribution in [3.05, 3.63) is 35.9 Å². The second-order valence-corrected chi connectivity index (χ2v) is 6.48. The molecule has 1 aliphatic rings. The van der Waals surface area contributed by atoms with Crippen LogP contribution in [0.4, 0.5) is 0 Å². The molecule has 1 aliphatic carbocycles. The van der Waals surface area contributed by atoms with Crippen LogP contribution in [-0.2, 0) is 0 Å². The van der Waals surface area contributed by atoms with Crippen LogP contribution in [-0.4, -0.2) is 31.1 Å². The van der Waals surface area contributed by atoms with Crippen LogP contribution in [0.5, 0.6) is 0 Å². The maximum atomic E-state index is 3.55. The van der Waals surface area contributed by atoms with E-state index in [1.165, 1.54) is 37.7 Å². The van der Waals surface area contributed by atoms with Crippen molar-refractivity contribution < 1.29 is 0 Å². The molecule has 1 atom stereocenters. The number of hydrogen-bond acceptors (Lipinski definition) is 2. The molecule has 1 saturated carbocycles. The molecule has 1 unspecified atom stereocenters. The van der Waals surface area contributed by atoms with E-state index in [-0.39, 0.29) is 0 Å². The first kappa shape index (κ1) is 16.5. The van der Waals surface area contributed by atoms with Crippen molar-refractivity contribution in [1.82, 2.24) is 10.2 Å². The summed E-state index contributed by atoms with van der Waals surface area (Å²) in [6.07, 6.45) is 6.91. The minimum absolute atomic E-state index is 0.495. The van der Waals surface area contributed by atoms with E-state index in [9.17, 15) is 0 Å². The van der Waals surface area contributed by atoms with Gasteiger partial charge >= 0.3 is 0 Å². The van der Waals surface area contributed by atoms with Gasteiger partial charge in [0.2, 0.25) is 0 Å². The van der Waals surface area contributed by atoms with Crippen LogP contribution in [0.1, 0.15) is 57.6 Å². The summed E-state index contributed by atoms with van der Waals surface area (Å²) in [5.74, 6) is 0.971. The fraction of sp³-hybridized carbons (Fsp3) is 0.684. The summed E-state index contributed by atoms with van der Waals surface area (Å²) in [5.41, 5.74) is 1.44. The minimum atomic E-state index is 0.495. The Balaban J connectivity index is 2.02. The standard InChI is InChI=1S/C19H32N2/c1-4-16-11-13-18(14-12-16)21(3)19(15-20-5-2)17-9-7-6-8-10-17/h6-10,16,18-20H,4-5,11-15H2,1-3H3. The van der Waals surface area contributed by atoms with Gasteiger partial charge in [-0.1, -0.05) is 50.6 Å². The highest BCUT2D eigenvalue weighted by atomic mass is 15.2. The molecule has 21 heavy (non-hydrogen) atoms. The molecule has 118 valence electrons. The summed E-state index contributed by atoms with van der Waals surface area (Å²) in [5, 5.41) is 3.55. The van der Waals surface area contributed by atoms with Crippen LogP contribution >= 0.6 is 0 Å². The number of benzene rings is 1. The van der Waals surface area contributed by atoms with Crippen LogP contribution in [0.25, 0.3) is 0 Å². The Bertz CT molecular complexity index is 382. The Kier molecular flexibility index (Phi) is 6.72. The van der Waals surface area contributed by atoms with Crippen molar-refractivity contribution in [1.29, 1.82) is 0 Å². The van der Waals surface area contributed by atoms with Crippen molar-refractivity contribution in [2.45, 2.75) is 58.0 Å². The van der Waals surface area contributed by atoms with Gasteiger partial charge in [0, 0.05) is 18.6 Å². The number of nitrogens with one attached hydrogen (secondary N) is 1. The Morgan fingerprint density at radius 1 is 1.10 bits per heavy atom. The molecule has 1 aromatic carbocycles. The third kappa shape index (κ3) is 4.55. The average Bonchev–Trinajstić information content (AvgIpc) is 2.56. The van der Waals surface area contributed by atoms with Gasteiger partial charge in [-0.05, 0) is 50.8 Å². The lowest BCUT2D eigenvalue weighted by Crippen LogP contribution is -2.41. The molecule has 1 N–H and O–H groups in total. The maximum absolute atomic E-state index is 3.55. The van der Waals surface area contributed by atoms with Gasteiger partial charge < -0.3 is 5.32 Å². The highest BCUT2D eigenvalue weighted by Crippen LogP contribution is 2.32. The summed E-state index contributed by atoms with van der Waals surface area (Å²) in [6, 6.07) is 12.2. The second kappa shape index (κ2) is 8.55. The summed E-state index contributed by atoms with van der Waals surface area (Å²) in [6.45, 7) is 6.62. The molecule has 1 fully saturated rings. The van der Waals surface area contributed by atoms with Crippen LogP contribution in [0.3, 0.4) is 0 Å². The minimum Gasteiger partial charge on any atom is -0.315 e. The summed E-state index contributed by atoms with van der Waals surface area (Å²) in [4.78, 5) is 2.63. The molecule has 2 nitrogen and oxygen atoms in total. The highest BCUT2D eigenvalue weighted by molar-refractivity contribution is 5.19. The predicted octanol–water partition coefficient (Wildman–Crippen LogP) is 4.24. The van der Waals surface area contributed by atoms with Gasteiger partial charge in [-0.25, -0.2) is 0 Å². The van der Waals surface area contributed by atoms with Crippen molar-refractivity contribution in [3.63, 3.8) is 0 Å². The van der Waals surface area contributed by atoms with E-state index in [0.29, 0.717) is 6.04 Å². The second-order valence-electron chi connectivity index (χ2n) is 6.48. The third-order valence-corrected chi connectivity index (χ3v) is 5.23. The predicted molar refractivity (Wildman–Crippen MR) is 91.5 cm³/mol. The van der Waals surface area contributed by atoms with Crippen molar-refractivity contribution in [2.75, 3.05) is 20.1 Å². The van der Waals surface area contributed by atoms with E-state index >= 15 is 0 Å². The molecule has 2 heteroatoms. The summed E-state index contributed by atoms with van der Waals surface area (Å²) < 4.78 is 0. The molecule has 0 spiro atoms. The lowest BCUT2D eigenvalue weighted by molar-refractivity contribution is 0.117. The monoisotopic (exact) mass is 288 g/mol. The average molecular weight is 288 g/mol. The Morgan fingerprint density at radius 2 is 1.76 bits per heavy atom. The van der Waals surface area contributed by atoms with Crippen LogP contribution < -0.4 is 5.32 Å². The van der Waals surface area contributed by atoms with Gasteiger partial charge in [-0.3, -0.25) is 4.90 Å². The van der Waals surface area contributed by atoms with Gasteiger partial charge in [0.05, 0.1) is 0 Å². The zero-order valence-corrected chi connectivity index (χ0v) is 14.0. The molecule has 0 saturated heterocycles.